The molecule has 1 saturated carbocycles. The van der Waals surface area contributed by atoms with Crippen molar-refractivity contribution in [1.29, 1.82) is 0 Å². The van der Waals surface area contributed by atoms with Crippen LogP contribution in [0, 0.1) is 0 Å². The van der Waals surface area contributed by atoms with Crippen LogP contribution in [-0.2, 0) is 0 Å². The molecule has 1 aliphatic rings. The molecule has 0 amide bonds. The second kappa shape index (κ2) is 5.38. The van der Waals surface area contributed by atoms with Gasteiger partial charge in [-0.3, -0.25) is 5.43 Å². The fourth-order valence-electron chi connectivity index (χ4n) is 1.57. The number of nitrogens with zero attached hydrogens (tertiary/aromatic N) is 1. The van der Waals surface area contributed by atoms with Gasteiger partial charge in [-0.05, 0) is 37.5 Å². The largest absolute Gasteiger partial charge is 0.349 e. The lowest BCUT2D eigenvalue weighted by Gasteiger charge is -2.17. The van der Waals surface area contributed by atoms with Crippen LogP contribution < -0.4 is 16.6 Å². The lowest BCUT2D eigenvalue weighted by atomic mass is 10.1. The molecule has 4 N–H and O–H groups in total. The number of hydrogen-bond donors (Lipinski definition) is 3. The first-order valence-corrected chi connectivity index (χ1v) is 6.13. The molecule has 1 aliphatic carbocycles. The fraction of sp³-hybridized carbons (Fsp3) is 0.417. The van der Waals surface area contributed by atoms with Crippen molar-refractivity contribution < 1.29 is 0 Å². The zero-order valence-electron chi connectivity index (χ0n) is 9.78. The summed E-state index contributed by atoms with van der Waals surface area (Å²) in [6, 6.07) is 8.29. The number of benzene rings is 1. The highest BCUT2D eigenvalue weighted by Crippen LogP contribution is 2.23. The van der Waals surface area contributed by atoms with Gasteiger partial charge in [-0.2, -0.15) is 0 Å². The Morgan fingerprint density at radius 1 is 1.53 bits per heavy atom. The lowest BCUT2D eigenvalue weighted by molar-refractivity contribution is 0.687. The van der Waals surface area contributed by atoms with Crippen LogP contribution in [0.5, 0.6) is 0 Å². The molecule has 0 heterocycles. The summed E-state index contributed by atoms with van der Waals surface area (Å²) >= 11 is 5.96. The highest BCUT2D eigenvalue weighted by Gasteiger charge is 2.21. The molecule has 1 aromatic carbocycles. The summed E-state index contributed by atoms with van der Waals surface area (Å²) in [6.45, 7) is 2.05. The van der Waals surface area contributed by atoms with Gasteiger partial charge >= 0.3 is 0 Å². The zero-order valence-corrected chi connectivity index (χ0v) is 10.5. The molecular weight excluding hydrogens is 236 g/mol. The average Bonchev–Trinajstić information content (AvgIpc) is 3.12. The third kappa shape index (κ3) is 3.61. The van der Waals surface area contributed by atoms with E-state index in [-0.39, 0.29) is 6.04 Å². The minimum atomic E-state index is 0.113. The number of hydrogen-bond acceptors (Lipinski definition) is 2. The van der Waals surface area contributed by atoms with Crippen LogP contribution >= 0.6 is 11.6 Å². The summed E-state index contributed by atoms with van der Waals surface area (Å²) in [4.78, 5) is 4.43. The van der Waals surface area contributed by atoms with Crippen LogP contribution in [0.15, 0.2) is 29.3 Å². The Labute approximate surface area is 106 Å². The predicted molar refractivity (Wildman–Crippen MR) is 70.8 cm³/mol. The quantitative estimate of drug-likeness (QED) is 0.334. The van der Waals surface area contributed by atoms with Gasteiger partial charge in [-0.15, -0.1) is 0 Å². The van der Waals surface area contributed by atoms with Crippen LogP contribution in [0.2, 0.25) is 5.02 Å². The van der Waals surface area contributed by atoms with Crippen molar-refractivity contribution in [1.82, 2.24) is 10.7 Å². The first kappa shape index (κ1) is 12.2. The molecule has 5 heteroatoms. The van der Waals surface area contributed by atoms with Crippen molar-refractivity contribution in [2.75, 3.05) is 0 Å². The monoisotopic (exact) mass is 252 g/mol. The Morgan fingerprint density at radius 2 is 2.29 bits per heavy atom. The number of hydrazine groups is 1. The molecule has 0 bridgehead atoms. The van der Waals surface area contributed by atoms with Crippen LogP contribution in [0.25, 0.3) is 0 Å². The predicted octanol–water partition coefficient (Wildman–Crippen LogP) is 1.97. The van der Waals surface area contributed by atoms with Gasteiger partial charge in [-0.25, -0.2) is 10.8 Å². The van der Waals surface area contributed by atoms with Gasteiger partial charge in [0.05, 0.1) is 12.1 Å². The summed E-state index contributed by atoms with van der Waals surface area (Å²) in [5, 5.41) is 3.97. The summed E-state index contributed by atoms with van der Waals surface area (Å²) in [5.41, 5.74) is 3.70. The molecule has 17 heavy (non-hydrogen) atoms. The minimum absolute atomic E-state index is 0.113. The summed E-state index contributed by atoms with van der Waals surface area (Å²) in [5.74, 6) is 6.07. The van der Waals surface area contributed by atoms with Crippen molar-refractivity contribution in [2.45, 2.75) is 31.8 Å². The smallest absolute Gasteiger partial charge is 0.206 e. The van der Waals surface area contributed by atoms with Crippen molar-refractivity contribution in [2.24, 2.45) is 10.8 Å². The topological polar surface area (TPSA) is 62.4 Å². The first-order valence-electron chi connectivity index (χ1n) is 5.75. The highest BCUT2D eigenvalue weighted by atomic mass is 35.5. The maximum absolute atomic E-state index is 5.96. The fourth-order valence-corrected chi connectivity index (χ4v) is 1.77. The molecule has 1 unspecified atom stereocenters. The lowest BCUT2D eigenvalue weighted by Crippen LogP contribution is -2.42. The first-order chi connectivity index (χ1) is 8.19. The molecule has 0 spiro atoms. The van der Waals surface area contributed by atoms with E-state index < -0.39 is 0 Å². The van der Waals surface area contributed by atoms with Gasteiger partial charge in [0, 0.05) is 5.02 Å². The molecule has 92 valence electrons. The molecular formula is C12H17ClN4. The van der Waals surface area contributed by atoms with Gasteiger partial charge in [0.1, 0.15) is 0 Å². The van der Waals surface area contributed by atoms with Crippen molar-refractivity contribution in [3.05, 3.63) is 34.9 Å². The maximum atomic E-state index is 5.96. The number of halogens is 1. The van der Waals surface area contributed by atoms with E-state index in [0.717, 1.165) is 23.4 Å². The zero-order chi connectivity index (χ0) is 12.3. The Balaban J connectivity index is 2.02. The normalized spacial score (nSPS) is 17.7. The molecule has 0 radical (unpaired) electrons. The third-order valence-corrected chi connectivity index (χ3v) is 2.93. The molecule has 0 aromatic heterocycles. The van der Waals surface area contributed by atoms with E-state index in [1.54, 1.807) is 0 Å². The van der Waals surface area contributed by atoms with E-state index in [1.165, 1.54) is 0 Å². The van der Waals surface area contributed by atoms with Crippen molar-refractivity contribution >= 4 is 17.6 Å². The van der Waals surface area contributed by atoms with Crippen LogP contribution in [0.4, 0.5) is 0 Å². The number of rotatable bonds is 3. The highest BCUT2D eigenvalue weighted by molar-refractivity contribution is 6.30. The van der Waals surface area contributed by atoms with E-state index in [2.05, 4.69) is 15.7 Å². The SMILES string of the molecule is CC(NC(=NC1CC1)NN)c1cccc(Cl)c1. The van der Waals surface area contributed by atoms with Gasteiger partial charge in [0.2, 0.25) is 5.96 Å². The van der Waals surface area contributed by atoms with Crippen LogP contribution in [0.1, 0.15) is 31.4 Å². The molecule has 1 aromatic rings. The summed E-state index contributed by atoms with van der Waals surface area (Å²) in [7, 11) is 0. The molecule has 4 nitrogen and oxygen atoms in total. The second-order valence-corrected chi connectivity index (χ2v) is 4.71. The number of nitrogens with two attached hydrogens (primary N) is 1. The minimum Gasteiger partial charge on any atom is -0.349 e. The number of guanidine groups is 1. The van der Waals surface area contributed by atoms with Gasteiger partial charge in [-0.1, -0.05) is 23.7 Å². The van der Waals surface area contributed by atoms with Crippen molar-refractivity contribution in [3.8, 4) is 0 Å². The van der Waals surface area contributed by atoms with E-state index >= 15 is 0 Å². The average molecular weight is 253 g/mol. The molecule has 0 saturated heterocycles. The Kier molecular flexibility index (Phi) is 3.86. The Morgan fingerprint density at radius 3 is 2.88 bits per heavy atom. The number of nitrogens with one attached hydrogen (secondary N) is 2. The Bertz CT molecular complexity index is 415. The van der Waals surface area contributed by atoms with Crippen LogP contribution in [0.3, 0.4) is 0 Å². The Hall–Kier alpha value is -1.26. The van der Waals surface area contributed by atoms with Gasteiger partial charge < -0.3 is 5.32 Å². The van der Waals surface area contributed by atoms with Gasteiger partial charge in [0.25, 0.3) is 0 Å². The van der Waals surface area contributed by atoms with E-state index in [4.69, 9.17) is 17.4 Å². The molecule has 2 rings (SSSR count). The van der Waals surface area contributed by atoms with E-state index in [1.807, 2.05) is 31.2 Å². The third-order valence-electron chi connectivity index (χ3n) is 2.70. The second-order valence-electron chi connectivity index (χ2n) is 4.27. The summed E-state index contributed by atoms with van der Waals surface area (Å²) in [6.07, 6.45) is 2.30. The molecule has 1 fully saturated rings. The maximum Gasteiger partial charge on any atom is 0.206 e. The number of aliphatic imine (C=N–C) groups is 1. The van der Waals surface area contributed by atoms with Crippen molar-refractivity contribution in [3.63, 3.8) is 0 Å². The standard InChI is InChI=1S/C12H17ClN4/c1-8(9-3-2-4-10(13)7-9)15-12(17-14)16-11-5-6-11/h2-4,7-8,11H,5-6,14H2,1H3,(H2,15,16,17). The van der Waals surface area contributed by atoms with Gasteiger partial charge in [0.15, 0.2) is 0 Å². The van der Waals surface area contributed by atoms with E-state index in [0.29, 0.717) is 12.0 Å². The van der Waals surface area contributed by atoms with E-state index in [9.17, 15) is 0 Å². The summed E-state index contributed by atoms with van der Waals surface area (Å²) < 4.78 is 0. The molecule has 0 aliphatic heterocycles. The molecule has 1 atom stereocenters. The van der Waals surface area contributed by atoms with Crippen LogP contribution in [-0.4, -0.2) is 12.0 Å².